The van der Waals surface area contributed by atoms with E-state index in [9.17, 15) is 9.59 Å². The third-order valence-electron chi connectivity index (χ3n) is 4.13. The molecule has 0 aliphatic carbocycles. The van der Waals surface area contributed by atoms with Crippen LogP contribution in [0.25, 0.3) is 16.6 Å². The molecule has 4 rings (SSSR count). The average molecular weight is 364 g/mol. The van der Waals surface area contributed by atoms with Gasteiger partial charge in [-0.15, -0.1) is 0 Å². The summed E-state index contributed by atoms with van der Waals surface area (Å²) in [5.41, 5.74) is 2.15. The van der Waals surface area contributed by atoms with Crippen molar-refractivity contribution >= 4 is 34.1 Å². The average Bonchev–Trinajstić information content (AvgIpc) is 2.66. The summed E-state index contributed by atoms with van der Waals surface area (Å²) in [5.74, 6) is -0.251. The third kappa shape index (κ3) is 3.05. The van der Waals surface area contributed by atoms with Gasteiger partial charge in [0.1, 0.15) is 5.65 Å². The van der Waals surface area contributed by atoms with Gasteiger partial charge < -0.3 is 5.32 Å². The van der Waals surface area contributed by atoms with Gasteiger partial charge in [-0.3, -0.25) is 14.0 Å². The summed E-state index contributed by atoms with van der Waals surface area (Å²) in [7, 11) is 0. The minimum Gasteiger partial charge on any atom is -0.348 e. The summed E-state index contributed by atoms with van der Waals surface area (Å²) >= 11 is 5.97. The summed E-state index contributed by atoms with van der Waals surface area (Å²) in [6.07, 6.45) is 1.51. The highest BCUT2D eigenvalue weighted by molar-refractivity contribution is 6.31. The van der Waals surface area contributed by atoms with E-state index in [4.69, 9.17) is 11.6 Å². The molecule has 0 aliphatic rings. The van der Waals surface area contributed by atoms with Crippen LogP contribution in [0.1, 0.15) is 15.9 Å². The maximum Gasteiger partial charge on any atom is 0.265 e. The van der Waals surface area contributed by atoms with Crippen molar-refractivity contribution in [2.75, 3.05) is 0 Å². The van der Waals surface area contributed by atoms with Gasteiger partial charge in [0.25, 0.3) is 11.5 Å². The molecule has 2 aromatic carbocycles. The normalized spacial score (nSPS) is 11.0. The maximum absolute atomic E-state index is 12.7. The van der Waals surface area contributed by atoms with Gasteiger partial charge >= 0.3 is 0 Å². The monoisotopic (exact) mass is 363 g/mol. The van der Waals surface area contributed by atoms with Gasteiger partial charge in [0, 0.05) is 17.8 Å². The summed E-state index contributed by atoms with van der Waals surface area (Å²) in [4.78, 5) is 29.6. The second-order valence-electron chi connectivity index (χ2n) is 5.89. The van der Waals surface area contributed by atoms with E-state index in [-0.39, 0.29) is 11.5 Å². The quantitative estimate of drug-likeness (QED) is 0.567. The van der Waals surface area contributed by atoms with Crippen molar-refractivity contribution in [3.8, 4) is 0 Å². The fraction of sp³-hybridized carbons (Fsp3) is 0.0500. The Morgan fingerprint density at radius 2 is 1.88 bits per heavy atom. The van der Waals surface area contributed by atoms with E-state index in [2.05, 4.69) is 10.3 Å². The Morgan fingerprint density at radius 3 is 2.69 bits per heavy atom. The molecule has 4 aromatic rings. The SMILES string of the molecule is O=C(NCc1ccccc1)c1ccc2nc3cc(Cl)ccc3c(=O)n2c1. The Kier molecular flexibility index (Phi) is 4.14. The predicted molar refractivity (Wildman–Crippen MR) is 102 cm³/mol. The molecule has 1 N–H and O–H groups in total. The van der Waals surface area contributed by atoms with Gasteiger partial charge in [0.15, 0.2) is 0 Å². The Labute approximate surface area is 153 Å². The van der Waals surface area contributed by atoms with E-state index in [1.54, 1.807) is 30.3 Å². The van der Waals surface area contributed by atoms with E-state index < -0.39 is 0 Å². The molecule has 5 nitrogen and oxygen atoms in total. The molecule has 0 spiro atoms. The minimum absolute atomic E-state index is 0.237. The first-order valence-electron chi connectivity index (χ1n) is 8.06. The number of rotatable bonds is 3. The zero-order chi connectivity index (χ0) is 18.1. The number of carbonyl (C=O) groups excluding carboxylic acids is 1. The van der Waals surface area contributed by atoms with Gasteiger partial charge in [0.2, 0.25) is 0 Å². The van der Waals surface area contributed by atoms with E-state index in [0.29, 0.717) is 33.7 Å². The largest absolute Gasteiger partial charge is 0.348 e. The number of carbonyl (C=O) groups is 1. The number of hydrogen-bond donors (Lipinski definition) is 1. The predicted octanol–water partition coefficient (Wildman–Crippen LogP) is 3.43. The number of nitrogens with zero attached hydrogens (tertiary/aromatic N) is 2. The molecule has 128 valence electrons. The van der Waals surface area contributed by atoms with Gasteiger partial charge in [-0.1, -0.05) is 41.9 Å². The lowest BCUT2D eigenvalue weighted by Crippen LogP contribution is -2.24. The van der Waals surface area contributed by atoms with Crippen LogP contribution in [0.15, 0.2) is 71.7 Å². The number of halogens is 1. The lowest BCUT2D eigenvalue weighted by Gasteiger charge is -2.08. The number of fused-ring (bicyclic) bond motifs is 2. The first-order valence-corrected chi connectivity index (χ1v) is 8.43. The first kappa shape index (κ1) is 16.3. The lowest BCUT2D eigenvalue weighted by atomic mass is 10.2. The summed E-state index contributed by atoms with van der Waals surface area (Å²) in [5, 5.41) is 3.82. The van der Waals surface area contributed by atoms with Gasteiger partial charge in [-0.05, 0) is 35.9 Å². The number of nitrogens with one attached hydrogen (secondary N) is 1. The maximum atomic E-state index is 12.7. The van der Waals surface area contributed by atoms with Crippen molar-refractivity contribution in [3.63, 3.8) is 0 Å². The fourth-order valence-corrected chi connectivity index (χ4v) is 2.96. The molecule has 26 heavy (non-hydrogen) atoms. The van der Waals surface area contributed by atoms with Gasteiger partial charge in [-0.2, -0.15) is 0 Å². The van der Waals surface area contributed by atoms with Crippen molar-refractivity contribution in [2.45, 2.75) is 6.54 Å². The molecule has 0 fully saturated rings. The molecule has 0 saturated heterocycles. The van der Waals surface area contributed by atoms with Crippen LogP contribution in [0.3, 0.4) is 0 Å². The highest BCUT2D eigenvalue weighted by Gasteiger charge is 2.10. The molecule has 6 heteroatoms. The van der Waals surface area contributed by atoms with Crippen LogP contribution in [0.4, 0.5) is 0 Å². The van der Waals surface area contributed by atoms with Crippen molar-refractivity contribution in [3.05, 3.63) is 93.4 Å². The first-order chi connectivity index (χ1) is 12.6. The smallest absolute Gasteiger partial charge is 0.265 e. The highest BCUT2D eigenvalue weighted by atomic mass is 35.5. The van der Waals surface area contributed by atoms with E-state index >= 15 is 0 Å². The topological polar surface area (TPSA) is 63.5 Å². The number of hydrogen-bond acceptors (Lipinski definition) is 3. The zero-order valence-corrected chi connectivity index (χ0v) is 14.4. The molecule has 0 unspecified atom stereocenters. The molecule has 2 aromatic heterocycles. The molecule has 0 saturated carbocycles. The van der Waals surface area contributed by atoms with Crippen molar-refractivity contribution in [1.29, 1.82) is 0 Å². The minimum atomic E-state index is -0.251. The zero-order valence-electron chi connectivity index (χ0n) is 13.6. The van der Waals surface area contributed by atoms with Crippen LogP contribution >= 0.6 is 11.6 Å². The van der Waals surface area contributed by atoms with E-state index in [1.165, 1.54) is 10.6 Å². The van der Waals surface area contributed by atoms with Crippen molar-refractivity contribution in [1.82, 2.24) is 14.7 Å². The van der Waals surface area contributed by atoms with Crippen LogP contribution in [-0.4, -0.2) is 15.3 Å². The summed E-state index contributed by atoms with van der Waals surface area (Å²) in [6.45, 7) is 0.418. The molecule has 2 heterocycles. The van der Waals surface area contributed by atoms with Crippen molar-refractivity contribution < 1.29 is 4.79 Å². The molecule has 0 atom stereocenters. The second kappa shape index (κ2) is 6.61. The summed E-state index contributed by atoms with van der Waals surface area (Å²) < 4.78 is 1.38. The molecular weight excluding hydrogens is 350 g/mol. The summed E-state index contributed by atoms with van der Waals surface area (Å²) in [6, 6.07) is 17.9. The van der Waals surface area contributed by atoms with Gasteiger partial charge in [-0.25, -0.2) is 4.98 Å². The Morgan fingerprint density at radius 1 is 1.08 bits per heavy atom. The Hall–Kier alpha value is -3.18. The Bertz CT molecular complexity index is 1190. The number of pyridine rings is 1. The standard InChI is InChI=1S/C20H14ClN3O2/c21-15-7-8-16-17(10-15)23-18-9-6-14(12-24(18)20(16)26)19(25)22-11-13-4-2-1-3-5-13/h1-10,12H,11H2,(H,22,25). The molecule has 0 aliphatic heterocycles. The number of amides is 1. The van der Waals surface area contributed by atoms with Crippen molar-refractivity contribution in [2.24, 2.45) is 0 Å². The molecule has 0 radical (unpaired) electrons. The second-order valence-corrected chi connectivity index (χ2v) is 6.33. The molecule has 1 amide bonds. The fourth-order valence-electron chi connectivity index (χ4n) is 2.79. The Balaban J connectivity index is 1.69. The third-order valence-corrected chi connectivity index (χ3v) is 4.36. The van der Waals surface area contributed by atoms with E-state index in [0.717, 1.165) is 5.56 Å². The number of aromatic nitrogens is 2. The molecule has 0 bridgehead atoms. The van der Waals surface area contributed by atoms with Crippen LogP contribution < -0.4 is 10.9 Å². The van der Waals surface area contributed by atoms with E-state index in [1.807, 2.05) is 30.3 Å². The van der Waals surface area contributed by atoms with Crippen LogP contribution in [0.5, 0.6) is 0 Å². The van der Waals surface area contributed by atoms with Crippen LogP contribution in [0.2, 0.25) is 5.02 Å². The highest BCUT2D eigenvalue weighted by Crippen LogP contribution is 2.16. The van der Waals surface area contributed by atoms with Gasteiger partial charge in [0.05, 0.1) is 16.5 Å². The lowest BCUT2D eigenvalue weighted by molar-refractivity contribution is 0.0950. The van der Waals surface area contributed by atoms with Crippen LogP contribution in [0, 0.1) is 0 Å². The number of benzene rings is 2. The molecular formula is C20H14ClN3O2. The van der Waals surface area contributed by atoms with Crippen LogP contribution in [-0.2, 0) is 6.54 Å².